The monoisotopic (exact) mass is 188 g/mol. The Morgan fingerprint density at radius 1 is 1.00 bits per heavy atom. The number of hydrogen-bond acceptors (Lipinski definition) is 4. The predicted molar refractivity (Wildman–Crippen MR) is 50.5 cm³/mol. The van der Waals surface area contributed by atoms with Crippen LogP contribution < -0.4 is 21.3 Å². The van der Waals surface area contributed by atoms with Crippen LogP contribution in [-0.4, -0.2) is 0 Å². The van der Waals surface area contributed by atoms with Gasteiger partial charge in [-0.2, -0.15) is 0 Å². The molecule has 4 nitrogen and oxygen atoms in total. The quantitative estimate of drug-likeness (QED) is 0.678. The first-order chi connectivity index (χ1) is 6.70. The van der Waals surface area contributed by atoms with Crippen molar-refractivity contribution in [3.63, 3.8) is 0 Å². The Bertz CT molecular complexity index is 524. The zero-order valence-electron chi connectivity index (χ0n) is 7.11. The summed E-state index contributed by atoms with van der Waals surface area (Å²) in [4.78, 5) is 21.5. The van der Waals surface area contributed by atoms with Crippen LogP contribution in [0.25, 0.3) is 0 Å². The molecular weight excluding hydrogens is 182 g/mol. The van der Waals surface area contributed by atoms with Crippen molar-refractivity contribution in [2.75, 3.05) is 5.32 Å². The first-order valence-corrected chi connectivity index (χ1v) is 4.02. The maximum Gasteiger partial charge on any atom is 0.247 e. The summed E-state index contributed by atoms with van der Waals surface area (Å²) in [5.74, 6) is -0.737. The number of hydrogen-bond donors (Lipinski definition) is 1. The van der Waals surface area contributed by atoms with Gasteiger partial charge >= 0.3 is 0 Å². The molecule has 2 aromatic rings. The van der Waals surface area contributed by atoms with Gasteiger partial charge in [-0.25, -0.2) is 0 Å². The van der Waals surface area contributed by atoms with E-state index in [0.717, 1.165) is 0 Å². The van der Waals surface area contributed by atoms with E-state index in [-0.39, 0.29) is 5.69 Å². The summed E-state index contributed by atoms with van der Waals surface area (Å²) in [5, 5.41) is 13.5. The fourth-order valence-corrected chi connectivity index (χ4v) is 1.15. The standard InChI is InChI=1S/C10H7NO3/c12-8-7(9(13)10(8)14)11-6-4-2-1-3-5-6/h1-5,11-12H/p-1. The molecule has 0 aliphatic heterocycles. The van der Waals surface area contributed by atoms with Crippen molar-refractivity contribution in [1.29, 1.82) is 0 Å². The minimum absolute atomic E-state index is 0.138. The van der Waals surface area contributed by atoms with E-state index in [1.165, 1.54) is 0 Å². The van der Waals surface area contributed by atoms with E-state index < -0.39 is 16.6 Å². The van der Waals surface area contributed by atoms with Crippen LogP contribution in [0.4, 0.5) is 11.4 Å². The van der Waals surface area contributed by atoms with Crippen LogP contribution >= 0.6 is 0 Å². The van der Waals surface area contributed by atoms with E-state index in [2.05, 4.69) is 5.32 Å². The fourth-order valence-electron chi connectivity index (χ4n) is 1.15. The lowest BCUT2D eigenvalue weighted by molar-refractivity contribution is -0.270. The molecule has 0 atom stereocenters. The van der Waals surface area contributed by atoms with Gasteiger partial charge in [0.2, 0.25) is 10.9 Å². The zero-order valence-corrected chi connectivity index (χ0v) is 7.11. The second-order valence-electron chi connectivity index (χ2n) is 2.85. The van der Waals surface area contributed by atoms with Gasteiger partial charge in [-0.15, -0.1) is 0 Å². The molecule has 0 aliphatic rings. The molecule has 0 fully saturated rings. The highest BCUT2D eigenvalue weighted by Gasteiger charge is 2.12. The molecule has 0 saturated carbocycles. The van der Waals surface area contributed by atoms with Crippen LogP contribution in [-0.2, 0) is 0 Å². The summed E-state index contributed by atoms with van der Waals surface area (Å²) in [6, 6.07) is 8.74. The molecule has 0 saturated heterocycles. The minimum atomic E-state index is -0.941. The van der Waals surface area contributed by atoms with Crippen molar-refractivity contribution in [1.82, 2.24) is 0 Å². The third-order valence-corrected chi connectivity index (χ3v) is 1.91. The number of anilines is 2. The maximum absolute atomic E-state index is 10.9. The van der Waals surface area contributed by atoms with Crippen LogP contribution in [0.15, 0.2) is 39.9 Å². The smallest absolute Gasteiger partial charge is 0.247 e. The average Bonchev–Trinajstić information content (AvgIpc) is 2.26. The SMILES string of the molecule is O=c1c([O-])c(Nc2ccccc2)c1=O. The van der Waals surface area contributed by atoms with Crippen LogP contribution in [0.5, 0.6) is 5.75 Å². The molecule has 2 aromatic carbocycles. The van der Waals surface area contributed by atoms with Gasteiger partial charge in [0.05, 0.1) is 5.69 Å². The molecule has 0 bridgehead atoms. The van der Waals surface area contributed by atoms with Gasteiger partial charge < -0.3 is 10.4 Å². The Hall–Kier alpha value is -2.10. The average molecular weight is 188 g/mol. The lowest BCUT2D eigenvalue weighted by Crippen LogP contribution is -2.36. The largest absolute Gasteiger partial charge is 0.868 e. The Balaban J connectivity index is 2.30. The number of para-hydroxylation sites is 1. The highest BCUT2D eigenvalue weighted by molar-refractivity contribution is 5.68. The summed E-state index contributed by atoms with van der Waals surface area (Å²) in [7, 11) is 0. The van der Waals surface area contributed by atoms with Crippen LogP contribution in [0.1, 0.15) is 0 Å². The van der Waals surface area contributed by atoms with Crippen molar-refractivity contribution in [3.05, 3.63) is 50.8 Å². The number of nitrogens with one attached hydrogen (secondary N) is 1. The molecule has 70 valence electrons. The van der Waals surface area contributed by atoms with Crippen LogP contribution in [0, 0.1) is 0 Å². The van der Waals surface area contributed by atoms with Crippen molar-refractivity contribution in [2.24, 2.45) is 0 Å². The third-order valence-electron chi connectivity index (χ3n) is 1.91. The Morgan fingerprint density at radius 3 is 2.21 bits per heavy atom. The zero-order chi connectivity index (χ0) is 10.1. The number of rotatable bonds is 2. The first-order valence-electron chi connectivity index (χ1n) is 4.02. The van der Waals surface area contributed by atoms with Crippen molar-refractivity contribution >= 4 is 11.4 Å². The second kappa shape index (κ2) is 2.99. The predicted octanol–water partition coefficient (Wildman–Crippen LogP) is 0.0998. The van der Waals surface area contributed by atoms with Gasteiger partial charge in [0, 0.05) is 5.69 Å². The van der Waals surface area contributed by atoms with E-state index in [0.29, 0.717) is 5.69 Å². The summed E-state index contributed by atoms with van der Waals surface area (Å²) < 4.78 is 0. The van der Waals surface area contributed by atoms with Crippen LogP contribution in [0.3, 0.4) is 0 Å². The second-order valence-corrected chi connectivity index (χ2v) is 2.85. The van der Waals surface area contributed by atoms with E-state index in [4.69, 9.17) is 0 Å². The minimum Gasteiger partial charge on any atom is -0.868 e. The summed E-state index contributed by atoms with van der Waals surface area (Å²) in [6.45, 7) is 0. The fraction of sp³-hybridized carbons (Fsp3) is 0. The molecule has 14 heavy (non-hydrogen) atoms. The molecule has 0 amide bonds. The molecule has 0 aromatic heterocycles. The maximum atomic E-state index is 10.9. The summed E-state index contributed by atoms with van der Waals surface area (Å²) in [6.07, 6.45) is 0. The summed E-state index contributed by atoms with van der Waals surface area (Å²) in [5.41, 5.74) is -1.19. The third kappa shape index (κ3) is 1.17. The Labute approximate surface area is 79.1 Å². The van der Waals surface area contributed by atoms with Gasteiger partial charge in [0.15, 0.2) is 0 Å². The topological polar surface area (TPSA) is 69.2 Å². The molecule has 0 radical (unpaired) electrons. The molecule has 4 heteroatoms. The van der Waals surface area contributed by atoms with Gasteiger partial charge in [-0.05, 0) is 17.9 Å². The molecule has 0 heterocycles. The first kappa shape index (κ1) is 8.50. The van der Waals surface area contributed by atoms with E-state index >= 15 is 0 Å². The summed E-state index contributed by atoms with van der Waals surface area (Å²) >= 11 is 0. The molecule has 0 aliphatic carbocycles. The van der Waals surface area contributed by atoms with E-state index in [1.54, 1.807) is 24.3 Å². The normalized spacial score (nSPS) is 10.3. The van der Waals surface area contributed by atoms with Gasteiger partial charge in [0.25, 0.3) is 0 Å². The molecular formula is C10H6NO3-. The Kier molecular flexibility index (Phi) is 1.81. The van der Waals surface area contributed by atoms with Gasteiger partial charge in [-0.1, -0.05) is 18.2 Å². The van der Waals surface area contributed by atoms with Crippen molar-refractivity contribution < 1.29 is 5.11 Å². The van der Waals surface area contributed by atoms with E-state index in [1.807, 2.05) is 6.07 Å². The highest BCUT2D eigenvalue weighted by atomic mass is 16.3. The molecule has 0 unspecified atom stereocenters. The molecule has 2 rings (SSSR count). The molecule has 0 spiro atoms. The molecule has 1 N–H and O–H groups in total. The Morgan fingerprint density at radius 2 is 1.64 bits per heavy atom. The lowest BCUT2D eigenvalue weighted by Gasteiger charge is -2.15. The number of benzene rings is 1. The van der Waals surface area contributed by atoms with Crippen molar-refractivity contribution in [2.45, 2.75) is 0 Å². The van der Waals surface area contributed by atoms with Crippen molar-refractivity contribution in [3.8, 4) is 5.75 Å². The lowest BCUT2D eigenvalue weighted by atomic mass is 10.2. The van der Waals surface area contributed by atoms with Gasteiger partial charge in [0.1, 0.15) is 0 Å². The van der Waals surface area contributed by atoms with Gasteiger partial charge in [-0.3, -0.25) is 9.59 Å². The van der Waals surface area contributed by atoms with Crippen LogP contribution in [0.2, 0.25) is 0 Å². The van der Waals surface area contributed by atoms with E-state index in [9.17, 15) is 14.7 Å². The highest BCUT2D eigenvalue weighted by Crippen LogP contribution is 2.17.